The van der Waals surface area contributed by atoms with Crippen LogP contribution in [0.1, 0.15) is 43.5 Å². The smallest absolute Gasteiger partial charge is 0.341 e. The Bertz CT molecular complexity index is 2240. The van der Waals surface area contributed by atoms with Gasteiger partial charge in [0.2, 0.25) is 0 Å². The fraction of sp³-hybridized carbons (Fsp3) is 0.111. The molecule has 0 N–H and O–H groups in total. The average molecular weight is 605 g/mol. The van der Waals surface area contributed by atoms with Gasteiger partial charge in [0.1, 0.15) is 13.2 Å². The maximum Gasteiger partial charge on any atom is 0.341 e. The highest BCUT2D eigenvalue weighted by Gasteiger charge is 2.33. The first-order chi connectivity index (χ1) is 22.5. The van der Waals surface area contributed by atoms with Crippen LogP contribution in [0.15, 0.2) is 84.9 Å². The number of aryl methyl sites for hydroxylation is 2. The highest BCUT2D eigenvalue weighted by molar-refractivity contribution is 6.11. The molecule has 0 atom stereocenters. The number of para-hydroxylation sites is 2. The molecular formula is C36H24N6O4. The van der Waals surface area contributed by atoms with Crippen LogP contribution in [0.2, 0.25) is 0 Å². The lowest BCUT2D eigenvalue weighted by atomic mass is 9.91. The number of pyridine rings is 2. The van der Waals surface area contributed by atoms with Crippen LogP contribution in [0.25, 0.3) is 55.7 Å². The molecule has 0 saturated carbocycles. The molecule has 10 nitrogen and oxygen atoms in total. The normalized spacial score (nSPS) is 13.7. The largest absolute Gasteiger partial charge is 0.455 e. The van der Waals surface area contributed by atoms with Gasteiger partial charge in [0.15, 0.2) is 11.3 Å². The molecule has 0 radical (unpaired) electrons. The molecule has 0 aliphatic carbocycles. The minimum absolute atomic E-state index is 0.0993. The van der Waals surface area contributed by atoms with Gasteiger partial charge in [-0.1, -0.05) is 60.7 Å². The maximum atomic E-state index is 13.1. The molecule has 0 saturated heterocycles. The molecule has 0 spiro atoms. The Morgan fingerprint density at radius 3 is 1.33 bits per heavy atom. The van der Waals surface area contributed by atoms with Crippen molar-refractivity contribution in [3.05, 3.63) is 119 Å². The monoisotopic (exact) mass is 604 g/mol. The molecule has 9 rings (SSSR count). The molecule has 0 bridgehead atoms. The van der Waals surface area contributed by atoms with E-state index in [0.29, 0.717) is 33.8 Å². The number of hydrogen-bond acceptors (Lipinski definition) is 8. The zero-order chi connectivity index (χ0) is 31.1. The second-order valence-electron chi connectivity index (χ2n) is 11.4. The molecule has 7 aromatic rings. The average Bonchev–Trinajstić information content (AvgIpc) is 3.84. The molecule has 0 amide bonds. The topological polar surface area (TPSA) is 114 Å². The molecule has 3 aromatic carbocycles. The van der Waals surface area contributed by atoms with Gasteiger partial charge < -0.3 is 9.47 Å². The van der Waals surface area contributed by atoms with Gasteiger partial charge in [0.05, 0.1) is 56.0 Å². The summed E-state index contributed by atoms with van der Waals surface area (Å²) >= 11 is 0. The SMILES string of the molecule is Cc1nn(-c2ccccc2)c2nc3c(c(-c4ccc(-c5c6c(nc7c5c(C)nn7-c5ccccc5)COC6=O)cc4)c12)C(=O)OC3. The lowest BCUT2D eigenvalue weighted by Crippen LogP contribution is -2.03. The van der Waals surface area contributed by atoms with Gasteiger partial charge in [-0.25, -0.2) is 28.9 Å². The minimum Gasteiger partial charge on any atom is -0.455 e. The van der Waals surface area contributed by atoms with Crippen LogP contribution < -0.4 is 0 Å². The van der Waals surface area contributed by atoms with E-state index in [1.807, 2.05) is 98.8 Å². The number of nitrogens with zero attached hydrogens (tertiary/aromatic N) is 6. The summed E-state index contributed by atoms with van der Waals surface area (Å²) in [5.74, 6) is -0.814. The van der Waals surface area contributed by atoms with Crippen molar-refractivity contribution in [2.24, 2.45) is 0 Å². The zero-order valence-electron chi connectivity index (χ0n) is 24.8. The summed E-state index contributed by atoms with van der Waals surface area (Å²) in [4.78, 5) is 35.9. The van der Waals surface area contributed by atoms with Gasteiger partial charge in [0.25, 0.3) is 0 Å². The Morgan fingerprint density at radius 1 is 0.543 bits per heavy atom. The standard InChI is InChI=1S/C36H24N6O4/c1-19-27-29(31-25(17-45-35(31)43)37-33(27)41(39-19)23-9-5-3-6-10-23)21-13-15-22(16-14-21)30-28-20(2)40-42(24-11-7-4-8-12-24)34(28)38-26-18-46-36(44)32(26)30/h3-16H,17-18H2,1-2H3. The molecule has 2 aliphatic heterocycles. The van der Waals surface area contributed by atoms with Crippen molar-refractivity contribution in [1.29, 1.82) is 0 Å². The minimum atomic E-state index is -0.407. The van der Waals surface area contributed by atoms with Crippen LogP contribution >= 0.6 is 0 Å². The molecule has 0 unspecified atom stereocenters. The summed E-state index contributed by atoms with van der Waals surface area (Å²) in [6, 6.07) is 27.4. The van der Waals surface area contributed by atoms with Crippen LogP contribution in [0.5, 0.6) is 0 Å². The first-order valence-electron chi connectivity index (χ1n) is 14.9. The maximum absolute atomic E-state index is 13.1. The second-order valence-corrected chi connectivity index (χ2v) is 11.4. The van der Waals surface area contributed by atoms with Gasteiger partial charge >= 0.3 is 11.9 Å². The number of fused-ring (bicyclic) bond motifs is 4. The summed E-state index contributed by atoms with van der Waals surface area (Å²) in [6.45, 7) is 4.04. The lowest BCUT2D eigenvalue weighted by Gasteiger charge is -2.12. The Balaban J connectivity index is 1.26. The van der Waals surface area contributed by atoms with Gasteiger partial charge in [0, 0.05) is 11.1 Å². The third kappa shape index (κ3) is 3.70. The van der Waals surface area contributed by atoms with Crippen molar-refractivity contribution in [1.82, 2.24) is 29.5 Å². The van der Waals surface area contributed by atoms with E-state index in [4.69, 9.17) is 29.6 Å². The number of carbonyl (C=O) groups excluding carboxylic acids is 2. The molecule has 4 aromatic heterocycles. The van der Waals surface area contributed by atoms with Crippen molar-refractivity contribution in [3.63, 3.8) is 0 Å². The predicted molar refractivity (Wildman–Crippen MR) is 170 cm³/mol. The number of benzene rings is 3. The first kappa shape index (κ1) is 26.3. The van der Waals surface area contributed by atoms with E-state index in [-0.39, 0.29) is 13.2 Å². The van der Waals surface area contributed by atoms with Crippen molar-refractivity contribution in [3.8, 4) is 33.6 Å². The molecule has 0 fully saturated rings. The van der Waals surface area contributed by atoms with Crippen LogP contribution in [0, 0.1) is 13.8 Å². The summed E-state index contributed by atoms with van der Waals surface area (Å²) in [5.41, 5.74) is 9.66. The van der Waals surface area contributed by atoms with Crippen molar-refractivity contribution in [2.45, 2.75) is 27.1 Å². The number of rotatable bonds is 4. The van der Waals surface area contributed by atoms with Gasteiger partial charge in [-0.15, -0.1) is 0 Å². The zero-order valence-corrected chi connectivity index (χ0v) is 24.8. The Hall–Kier alpha value is -6.16. The Morgan fingerprint density at radius 2 is 0.935 bits per heavy atom. The van der Waals surface area contributed by atoms with Crippen molar-refractivity contribution < 1.29 is 19.1 Å². The Kier molecular flexibility index (Phi) is 5.52. The number of aromatic nitrogens is 6. The second kappa shape index (κ2) is 9.67. The van der Waals surface area contributed by atoms with E-state index in [1.165, 1.54) is 0 Å². The molecule has 2 aliphatic rings. The number of esters is 2. The summed E-state index contributed by atoms with van der Waals surface area (Å²) in [7, 11) is 0. The van der Waals surface area contributed by atoms with Crippen LogP contribution in [0.3, 0.4) is 0 Å². The number of cyclic esters (lactones) is 2. The summed E-state index contributed by atoms with van der Waals surface area (Å²) in [6.07, 6.45) is 0. The summed E-state index contributed by atoms with van der Waals surface area (Å²) in [5, 5.41) is 11.2. The van der Waals surface area contributed by atoms with Crippen molar-refractivity contribution >= 4 is 34.0 Å². The fourth-order valence-electron chi connectivity index (χ4n) is 6.67. The van der Waals surface area contributed by atoms with Crippen LogP contribution in [-0.4, -0.2) is 41.5 Å². The predicted octanol–water partition coefficient (Wildman–Crippen LogP) is 6.45. The molecular weight excluding hydrogens is 580 g/mol. The van der Waals surface area contributed by atoms with Crippen LogP contribution in [0.4, 0.5) is 0 Å². The quantitative estimate of drug-likeness (QED) is 0.211. The molecule has 222 valence electrons. The van der Waals surface area contributed by atoms with Crippen molar-refractivity contribution in [2.75, 3.05) is 0 Å². The fourth-order valence-corrected chi connectivity index (χ4v) is 6.67. The van der Waals surface area contributed by atoms with E-state index in [1.54, 1.807) is 9.36 Å². The van der Waals surface area contributed by atoms with E-state index in [2.05, 4.69) is 0 Å². The van der Waals surface area contributed by atoms with Gasteiger partial charge in [-0.3, -0.25) is 0 Å². The van der Waals surface area contributed by atoms with E-state index in [9.17, 15) is 9.59 Å². The molecule has 46 heavy (non-hydrogen) atoms. The third-order valence-electron chi connectivity index (χ3n) is 8.68. The van der Waals surface area contributed by atoms with Crippen LogP contribution in [-0.2, 0) is 22.7 Å². The van der Waals surface area contributed by atoms with E-state index in [0.717, 1.165) is 55.8 Å². The number of carbonyl (C=O) groups is 2. The molecule has 6 heterocycles. The van der Waals surface area contributed by atoms with Gasteiger partial charge in [-0.05, 0) is 49.2 Å². The first-order valence-corrected chi connectivity index (χ1v) is 14.9. The number of hydrogen-bond donors (Lipinski definition) is 0. The lowest BCUT2D eigenvalue weighted by molar-refractivity contribution is 0.0525. The van der Waals surface area contributed by atoms with E-state index < -0.39 is 11.9 Å². The van der Waals surface area contributed by atoms with E-state index >= 15 is 0 Å². The summed E-state index contributed by atoms with van der Waals surface area (Å²) < 4.78 is 14.6. The van der Waals surface area contributed by atoms with Gasteiger partial charge in [-0.2, -0.15) is 10.2 Å². The highest BCUT2D eigenvalue weighted by Crippen LogP contribution is 2.42. The highest BCUT2D eigenvalue weighted by atomic mass is 16.5. The Labute approximate surface area is 261 Å². The third-order valence-corrected chi connectivity index (χ3v) is 8.68. The molecule has 10 heteroatoms. The number of ether oxygens (including phenoxy) is 2.